The number of fused-ring (bicyclic) bond motifs is 2. The summed E-state index contributed by atoms with van der Waals surface area (Å²) in [6.07, 6.45) is 6.68. The molecule has 7 nitrogen and oxygen atoms in total. The van der Waals surface area contributed by atoms with Crippen LogP contribution in [-0.4, -0.2) is 57.0 Å². The van der Waals surface area contributed by atoms with Crippen molar-refractivity contribution in [3.8, 4) is 17.0 Å². The van der Waals surface area contributed by atoms with E-state index in [9.17, 15) is 0 Å². The number of nitrogens with zero attached hydrogens (tertiary/aromatic N) is 5. The summed E-state index contributed by atoms with van der Waals surface area (Å²) < 4.78 is 7.03. The largest absolute Gasteiger partial charge is 0.497 e. The van der Waals surface area contributed by atoms with E-state index in [-0.39, 0.29) is 0 Å². The summed E-state index contributed by atoms with van der Waals surface area (Å²) in [7, 11) is 1.68. The predicted octanol–water partition coefficient (Wildman–Crippen LogP) is 2.84. The molecule has 2 atom stereocenters. The number of piperidine rings is 1. The molecule has 0 unspecified atom stereocenters. The molecular weight excluding hydrogens is 340 g/mol. The first-order valence-electron chi connectivity index (χ1n) is 9.68. The zero-order valence-corrected chi connectivity index (χ0v) is 15.5. The maximum Gasteiger partial charge on any atom is 0.200 e. The first-order chi connectivity index (χ1) is 13.3. The van der Waals surface area contributed by atoms with E-state index in [1.165, 1.54) is 38.8 Å². The van der Waals surface area contributed by atoms with Crippen molar-refractivity contribution in [2.45, 2.75) is 37.8 Å². The van der Waals surface area contributed by atoms with Crippen LogP contribution in [0, 0.1) is 0 Å². The van der Waals surface area contributed by atoms with Gasteiger partial charge >= 0.3 is 0 Å². The molecule has 0 bridgehead atoms. The van der Waals surface area contributed by atoms with Crippen molar-refractivity contribution < 1.29 is 4.74 Å². The Morgan fingerprint density at radius 3 is 2.74 bits per heavy atom. The van der Waals surface area contributed by atoms with Crippen molar-refractivity contribution in [1.29, 1.82) is 0 Å². The van der Waals surface area contributed by atoms with E-state index >= 15 is 0 Å². The normalized spacial score (nSPS) is 22.7. The van der Waals surface area contributed by atoms with Crippen molar-refractivity contribution >= 4 is 11.3 Å². The van der Waals surface area contributed by atoms with E-state index in [4.69, 9.17) is 4.74 Å². The molecule has 0 radical (unpaired) electrons. The zero-order chi connectivity index (χ0) is 18.2. The highest BCUT2D eigenvalue weighted by Crippen LogP contribution is 2.31. The van der Waals surface area contributed by atoms with Crippen LogP contribution < -0.4 is 10.1 Å². The predicted molar refractivity (Wildman–Crippen MR) is 104 cm³/mol. The zero-order valence-electron chi connectivity index (χ0n) is 15.5. The third kappa shape index (κ3) is 3.02. The molecule has 2 aliphatic rings. The van der Waals surface area contributed by atoms with Crippen molar-refractivity contribution in [2.75, 3.05) is 25.5 Å². The lowest BCUT2D eigenvalue weighted by atomic mass is 9.96. The van der Waals surface area contributed by atoms with Gasteiger partial charge in [0.2, 0.25) is 5.65 Å². The SMILES string of the molecule is COc1ccc(-c2cc(N[C@H]3CCCN4CCC[C@@H]34)c3nncn3n2)cc1. The molecule has 1 N–H and O–H groups in total. The van der Waals surface area contributed by atoms with E-state index in [1.54, 1.807) is 18.0 Å². The molecule has 2 aromatic heterocycles. The second kappa shape index (κ2) is 6.81. The van der Waals surface area contributed by atoms with Crippen LogP contribution in [0.1, 0.15) is 25.7 Å². The molecule has 1 aromatic carbocycles. The Bertz CT molecular complexity index is 937. The first kappa shape index (κ1) is 16.5. The van der Waals surface area contributed by atoms with Gasteiger partial charge in [0.1, 0.15) is 12.1 Å². The lowest BCUT2D eigenvalue weighted by Gasteiger charge is -2.37. The number of hydrogen-bond donors (Lipinski definition) is 1. The van der Waals surface area contributed by atoms with E-state index < -0.39 is 0 Å². The number of rotatable bonds is 4. The Balaban J connectivity index is 1.50. The number of ether oxygens (including phenoxy) is 1. The summed E-state index contributed by atoms with van der Waals surface area (Å²) in [4.78, 5) is 2.63. The molecule has 0 amide bonds. The molecule has 0 spiro atoms. The van der Waals surface area contributed by atoms with E-state index in [0.717, 1.165) is 28.3 Å². The third-order valence-electron chi connectivity index (χ3n) is 5.83. The van der Waals surface area contributed by atoms with Gasteiger partial charge in [-0.3, -0.25) is 4.90 Å². The summed E-state index contributed by atoms with van der Waals surface area (Å²) in [5.41, 5.74) is 3.72. The van der Waals surface area contributed by atoms with Crippen LogP contribution >= 0.6 is 0 Å². The molecule has 0 saturated carbocycles. The lowest BCUT2D eigenvalue weighted by molar-refractivity contribution is 0.183. The van der Waals surface area contributed by atoms with Gasteiger partial charge in [0.25, 0.3) is 0 Å². The second-order valence-electron chi connectivity index (χ2n) is 7.41. The smallest absolute Gasteiger partial charge is 0.200 e. The summed E-state index contributed by atoms with van der Waals surface area (Å²) in [6, 6.07) is 11.1. The number of aromatic nitrogens is 4. The molecular formula is C20H24N6O. The number of methoxy groups -OCH3 is 1. The second-order valence-corrected chi connectivity index (χ2v) is 7.41. The molecule has 2 fully saturated rings. The quantitative estimate of drug-likeness (QED) is 0.768. The van der Waals surface area contributed by atoms with Crippen LogP contribution in [0.4, 0.5) is 5.69 Å². The standard InChI is InChI=1S/C20H24N6O/c1-27-15-8-6-14(7-9-15)17-12-18(20-23-21-13-26(20)24-17)22-16-4-2-10-25-11-3-5-19(16)25/h6-9,12-13,16,19,22H,2-5,10-11H2,1H3/t16-,19-/m0/s1. The molecule has 7 heteroatoms. The Morgan fingerprint density at radius 1 is 1.11 bits per heavy atom. The van der Waals surface area contributed by atoms with Crippen molar-refractivity contribution in [2.24, 2.45) is 0 Å². The van der Waals surface area contributed by atoms with Gasteiger partial charge in [0, 0.05) is 17.6 Å². The Hall–Kier alpha value is -2.67. The number of anilines is 1. The Kier molecular flexibility index (Phi) is 4.16. The van der Waals surface area contributed by atoms with Crippen LogP contribution in [-0.2, 0) is 0 Å². The molecule has 140 valence electrons. The monoisotopic (exact) mass is 364 g/mol. The highest BCUT2D eigenvalue weighted by Gasteiger charge is 2.34. The van der Waals surface area contributed by atoms with E-state index in [1.807, 2.05) is 24.3 Å². The van der Waals surface area contributed by atoms with Crippen LogP contribution in [0.15, 0.2) is 36.7 Å². The molecule has 0 aliphatic carbocycles. The van der Waals surface area contributed by atoms with Gasteiger partial charge in [-0.2, -0.15) is 9.61 Å². The summed E-state index contributed by atoms with van der Waals surface area (Å²) >= 11 is 0. The number of benzene rings is 1. The van der Waals surface area contributed by atoms with Crippen LogP contribution in [0.3, 0.4) is 0 Å². The van der Waals surface area contributed by atoms with Gasteiger partial charge in [0.15, 0.2) is 0 Å². The average molecular weight is 364 g/mol. The minimum atomic E-state index is 0.452. The maximum atomic E-state index is 5.26. The molecule has 2 aliphatic heterocycles. The van der Waals surface area contributed by atoms with Gasteiger partial charge in [-0.1, -0.05) is 0 Å². The fourth-order valence-electron chi connectivity index (χ4n) is 4.50. The molecule has 4 heterocycles. The fraction of sp³-hybridized carbons (Fsp3) is 0.450. The molecule has 3 aromatic rings. The van der Waals surface area contributed by atoms with Gasteiger partial charge in [-0.25, -0.2) is 0 Å². The van der Waals surface area contributed by atoms with E-state index in [0.29, 0.717) is 12.1 Å². The van der Waals surface area contributed by atoms with Crippen molar-refractivity contribution in [3.63, 3.8) is 0 Å². The van der Waals surface area contributed by atoms with Crippen LogP contribution in [0.25, 0.3) is 16.9 Å². The van der Waals surface area contributed by atoms with E-state index in [2.05, 4.69) is 31.6 Å². The van der Waals surface area contributed by atoms with Gasteiger partial charge < -0.3 is 10.1 Å². The summed E-state index contributed by atoms with van der Waals surface area (Å²) in [5.74, 6) is 0.839. The summed E-state index contributed by atoms with van der Waals surface area (Å²) in [6.45, 7) is 2.47. The minimum Gasteiger partial charge on any atom is -0.497 e. The van der Waals surface area contributed by atoms with Gasteiger partial charge in [-0.05, 0) is 69.1 Å². The molecule has 27 heavy (non-hydrogen) atoms. The minimum absolute atomic E-state index is 0.452. The highest BCUT2D eigenvalue weighted by molar-refractivity contribution is 5.73. The topological polar surface area (TPSA) is 67.6 Å². The Labute approximate surface area is 158 Å². The van der Waals surface area contributed by atoms with Gasteiger partial charge in [-0.15, -0.1) is 10.2 Å². The molecule has 2 saturated heterocycles. The number of hydrogen-bond acceptors (Lipinski definition) is 6. The van der Waals surface area contributed by atoms with Crippen molar-refractivity contribution in [3.05, 3.63) is 36.7 Å². The number of nitrogens with one attached hydrogen (secondary N) is 1. The summed E-state index contributed by atoms with van der Waals surface area (Å²) in [5, 5.41) is 16.8. The van der Waals surface area contributed by atoms with Crippen LogP contribution in [0.2, 0.25) is 0 Å². The fourth-order valence-corrected chi connectivity index (χ4v) is 4.50. The van der Waals surface area contributed by atoms with Crippen LogP contribution in [0.5, 0.6) is 5.75 Å². The van der Waals surface area contributed by atoms with Crippen molar-refractivity contribution in [1.82, 2.24) is 24.7 Å². The Morgan fingerprint density at radius 2 is 1.93 bits per heavy atom. The maximum absolute atomic E-state index is 5.26. The van der Waals surface area contributed by atoms with Gasteiger partial charge in [0.05, 0.1) is 18.5 Å². The highest BCUT2D eigenvalue weighted by atomic mass is 16.5. The first-order valence-corrected chi connectivity index (χ1v) is 9.68. The third-order valence-corrected chi connectivity index (χ3v) is 5.83. The molecule has 5 rings (SSSR count). The lowest BCUT2D eigenvalue weighted by Crippen LogP contribution is -2.47. The average Bonchev–Trinajstić information content (AvgIpc) is 3.37.